The number of hydrogen-bond donors (Lipinski definition) is 0. The van der Waals surface area contributed by atoms with Crippen LogP contribution in [0.25, 0.3) is 0 Å². The molecular weight excluding hydrogens is 817 g/mol. The Morgan fingerprint density at radius 3 is 0.985 bits per heavy atom. The molecule has 0 spiro atoms. The van der Waals surface area contributed by atoms with E-state index in [1.165, 1.54) is 44.9 Å². The van der Waals surface area contributed by atoms with Crippen LogP contribution in [-0.4, -0.2) is 37.2 Å². The molecule has 0 radical (unpaired) electrons. The molecular formula is C60H96O6. The molecule has 0 fully saturated rings. The quantitative estimate of drug-likeness (QED) is 0.0262. The van der Waals surface area contributed by atoms with Gasteiger partial charge in [0.2, 0.25) is 0 Å². The third kappa shape index (κ3) is 50.8. The molecule has 372 valence electrons. The lowest BCUT2D eigenvalue weighted by atomic mass is 10.1. The van der Waals surface area contributed by atoms with Crippen LogP contribution in [0.2, 0.25) is 0 Å². The van der Waals surface area contributed by atoms with Gasteiger partial charge in [0.05, 0.1) is 0 Å². The topological polar surface area (TPSA) is 78.9 Å². The van der Waals surface area contributed by atoms with E-state index in [4.69, 9.17) is 14.2 Å². The van der Waals surface area contributed by atoms with E-state index in [9.17, 15) is 14.4 Å². The Balaban J connectivity index is 4.47. The van der Waals surface area contributed by atoms with Gasteiger partial charge in [-0.2, -0.15) is 0 Å². The Morgan fingerprint density at radius 1 is 0.318 bits per heavy atom. The van der Waals surface area contributed by atoms with Crippen molar-refractivity contribution in [2.75, 3.05) is 13.2 Å². The van der Waals surface area contributed by atoms with Crippen LogP contribution >= 0.6 is 0 Å². The second kappa shape index (κ2) is 53.4. The van der Waals surface area contributed by atoms with Gasteiger partial charge in [0, 0.05) is 19.3 Å². The van der Waals surface area contributed by atoms with Gasteiger partial charge in [0.25, 0.3) is 0 Å². The molecule has 66 heavy (non-hydrogen) atoms. The van der Waals surface area contributed by atoms with E-state index in [1.807, 2.05) is 0 Å². The molecule has 0 heterocycles. The number of carbonyl (C=O) groups excluding carboxylic acids is 3. The van der Waals surface area contributed by atoms with Crippen molar-refractivity contribution < 1.29 is 28.6 Å². The fourth-order valence-corrected chi connectivity index (χ4v) is 6.80. The predicted molar refractivity (Wildman–Crippen MR) is 283 cm³/mol. The van der Waals surface area contributed by atoms with Gasteiger partial charge < -0.3 is 14.2 Å². The van der Waals surface area contributed by atoms with Crippen molar-refractivity contribution in [2.24, 2.45) is 0 Å². The second-order valence-electron chi connectivity index (χ2n) is 17.0. The van der Waals surface area contributed by atoms with Crippen LogP contribution in [0.15, 0.2) is 122 Å². The summed E-state index contributed by atoms with van der Waals surface area (Å²) in [6.45, 7) is 6.32. The van der Waals surface area contributed by atoms with Gasteiger partial charge in [-0.15, -0.1) is 0 Å². The second-order valence-corrected chi connectivity index (χ2v) is 17.0. The van der Waals surface area contributed by atoms with Gasteiger partial charge in [-0.25, -0.2) is 0 Å². The van der Waals surface area contributed by atoms with Gasteiger partial charge in [-0.3, -0.25) is 14.4 Å². The fraction of sp³-hybridized carbons (Fsp3) is 0.617. The van der Waals surface area contributed by atoms with E-state index in [0.717, 1.165) is 128 Å². The summed E-state index contributed by atoms with van der Waals surface area (Å²) in [6, 6.07) is 0. The molecule has 0 saturated carbocycles. The molecule has 0 N–H and O–H groups in total. The SMILES string of the molecule is CC/C=C\C/C=C\C/C=C\C/C=C\C/C=C\C/C=C\C/C=C\CCCC(=O)OCC(COC(=O)CCCCCCCCCCCC)OC(=O)CCCCCCC/C=C\C/C=C\C/C=C\CC. The summed E-state index contributed by atoms with van der Waals surface area (Å²) < 4.78 is 16.7. The first-order valence-corrected chi connectivity index (χ1v) is 26.5. The first kappa shape index (κ1) is 61.8. The first-order valence-electron chi connectivity index (χ1n) is 26.5. The maximum Gasteiger partial charge on any atom is 0.306 e. The molecule has 1 atom stereocenters. The monoisotopic (exact) mass is 913 g/mol. The lowest BCUT2D eigenvalue weighted by molar-refractivity contribution is -0.167. The van der Waals surface area contributed by atoms with Crippen molar-refractivity contribution in [1.29, 1.82) is 0 Å². The Bertz CT molecular complexity index is 1420. The van der Waals surface area contributed by atoms with Crippen LogP contribution in [-0.2, 0) is 28.6 Å². The largest absolute Gasteiger partial charge is 0.462 e. The molecule has 0 aliphatic carbocycles. The van der Waals surface area contributed by atoms with Crippen molar-refractivity contribution in [2.45, 2.75) is 226 Å². The molecule has 0 aliphatic rings. The van der Waals surface area contributed by atoms with Crippen molar-refractivity contribution in [3.8, 4) is 0 Å². The van der Waals surface area contributed by atoms with Crippen LogP contribution in [0.4, 0.5) is 0 Å². The molecule has 6 heteroatoms. The van der Waals surface area contributed by atoms with Crippen LogP contribution in [0.5, 0.6) is 0 Å². The van der Waals surface area contributed by atoms with Gasteiger partial charge in [-0.1, -0.05) is 219 Å². The predicted octanol–water partition coefficient (Wildman–Crippen LogP) is 17.7. The number of esters is 3. The van der Waals surface area contributed by atoms with Crippen LogP contribution in [0.3, 0.4) is 0 Å². The minimum atomic E-state index is -0.811. The molecule has 0 aromatic carbocycles. The van der Waals surface area contributed by atoms with Gasteiger partial charge >= 0.3 is 17.9 Å². The van der Waals surface area contributed by atoms with Gasteiger partial charge in [-0.05, 0) is 103 Å². The minimum Gasteiger partial charge on any atom is -0.462 e. The van der Waals surface area contributed by atoms with Crippen LogP contribution in [0.1, 0.15) is 220 Å². The van der Waals surface area contributed by atoms with Crippen molar-refractivity contribution in [1.82, 2.24) is 0 Å². The molecule has 0 saturated heterocycles. The highest BCUT2D eigenvalue weighted by atomic mass is 16.6. The zero-order valence-corrected chi connectivity index (χ0v) is 42.4. The lowest BCUT2D eigenvalue weighted by Gasteiger charge is -2.18. The van der Waals surface area contributed by atoms with E-state index >= 15 is 0 Å². The van der Waals surface area contributed by atoms with Crippen molar-refractivity contribution in [3.63, 3.8) is 0 Å². The summed E-state index contributed by atoms with van der Waals surface area (Å²) in [5.74, 6) is -0.992. The van der Waals surface area contributed by atoms with Crippen molar-refractivity contribution in [3.05, 3.63) is 122 Å². The molecule has 0 aliphatic heterocycles. The average Bonchev–Trinajstić information content (AvgIpc) is 3.31. The molecule has 0 aromatic rings. The molecule has 0 aromatic heterocycles. The zero-order chi connectivity index (χ0) is 47.9. The highest BCUT2D eigenvalue weighted by Gasteiger charge is 2.19. The van der Waals surface area contributed by atoms with Gasteiger partial charge in [0.15, 0.2) is 6.10 Å². The number of ether oxygens (including phenoxy) is 3. The van der Waals surface area contributed by atoms with Crippen LogP contribution < -0.4 is 0 Å². The standard InChI is InChI=1S/C60H96O6/c1-4-7-10-13-16-19-22-24-26-27-28-29-30-31-32-33-35-36-38-41-44-47-50-53-59(62)65-56-57(55-64-58(61)52-49-46-43-40-21-18-15-12-9-6-3)66-60(63)54-51-48-45-42-39-37-34-25-23-20-17-14-11-8-5-2/h7-8,10-11,16-17,19-20,24-26,28-29,31-32,34-36,41,44,57H,4-6,9,12-15,18,21-23,27,30,33,37-40,42-43,45-56H2,1-3H3/b10-7-,11-8-,19-16-,20-17-,26-24-,29-28-,32-31-,34-25-,36-35-,44-41-. The summed E-state index contributed by atoms with van der Waals surface area (Å²) in [4.78, 5) is 37.9. The number of hydrogen-bond acceptors (Lipinski definition) is 6. The summed E-state index contributed by atoms with van der Waals surface area (Å²) in [7, 11) is 0. The lowest BCUT2D eigenvalue weighted by Crippen LogP contribution is -2.30. The first-order chi connectivity index (χ1) is 32.5. The molecule has 0 rings (SSSR count). The van der Waals surface area contributed by atoms with E-state index in [0.29, 0.717) is 19.3 Å². The van der Waals surface area contributed by atoms with Gasteiger partial charge in [0.1, 0.15) is 13.2 Å². The maximum absolute atomic E-state index is 12.8. The van der Waals surface area contributed by atoms with Crippen LogP contribution in [0, 0.1) is 0 Å². The van der Waals surface area contributed by atoms with E-state index in [-0.39, 0.29) is 37.5 Å². The highest BCUT2D eigenvalue weighted by molar-refractivity contribution is 5.71. The van der Waals surface area contributed by atoms with E-state index < -0.39 is 6.10 Å². The Hall–Kier alpha value is -4.19. The number of allylic oxidation sites excluding steroid dienone is 20. The zero-order valence-electron chi connectivity index (χ0n) is 42.4. The van der Waals surface area contributed by atoms with E-state index in [2.05, 4.69) is 142 Å². The minimum absolute atomic E-state index is 0.105. The smallest absolute Gasteiger partial charge is 0.306 e. The summed E-state index contributed by atoms with van der Waals surface area (Å²) in [6.07, 6.45) is 73.3. The summed E-state index contributed by atoms with van der Waals surface area (Å²) in [5, 5.41) is 0. The summed E-state index contributed by atoms with van der Waals surface area (Å²) in [5.41, 5.74) is 0. The molecule has 0 amide bonds. The molecule has 0 bridgehead atoms. The number of unbranched alkanes of at least 4 members (excludes halogenated alkanes) is 15. The Kier molecular flexibility index (Phi) is 50.0. The highest BCUT2D eigenvalue weighted by Crippen LogP contribution is 2.13. The number of rotatable bonds is 46. The molecule has 6 nitrogen and oxygen atoms in total. The third-order valence-corrected chi connectivity index (χ3v) is 10.7. The average molecular weight is 913 g/mol. The van der Waals surface area contributed by atoms with E-state index in [1.54, 1.807) is 0 Å². The normalized spacial score (nSPS) is 13.1. The Labute approximate surface area is 405 Å². The molecule has 1 unspecified atom stereocenters. The fourth-order valence-electron chi connectivity index (χ4n) is 6.80. The third-order valence-electron chi connectivity index (χ3n) is 10.7. The van der Waals surface area contributed by atoms with Crippen molar-refractivity contribution >= 4 is 17.9 Å². The maximum atomic E-state index is 12.8. The number of carbonyl (C=O) groups is 3. The Morgan fingerprint density at radius 2 is 0.606 bits per heavy atom. The summed E-state index contributed by atoms with van der Waals surface area (Å²) >= 11 is 0.